The minimum atomic E-state index is 0. The molecule has 1 aliphatic rings. The molecule has 1 heterocycles. The molecule has 0 unspecified atom stereocenters. The van der Waals surface area contributed by atoms with E-state index < -0.39 is 0 Å². The molecule has 2 N–H and O–H groups in total. The van der Waals surface area contributed by atoms with Crippen molar-refractivity contribution >= 4 is 29.2 Å². The van der Waals surface area contributed by atoms with Crippen LogP contribution in [0.4, 0.5) is 0 Å². The van der Waals surface area contributed by atoms with Crippen LogP contribution in [0.5, 0.6) is 0 Å². The Bertz CT molecular complexity index is 1040. The summed E-state index contributed by atoms with van der Waals surface area (Å²) in [5.74, 6) is 0.0472. The maximum atomic E-state index is 12.4. The van der Waals surface area contributed by atoms with Crippen LogP contribution in [0.25, 0.3) is 10.9 Å². The number of H-pyrrole nitrogens is 1. The molecule has 0 radical (unpaired) electrons. The summed E-state index contributed by atoms with van der Waals surface area (Å²) in [7, 11) is 4.34. The van der Waals surface area contributed by atoms with Crippen LogP contribution in [0.3, 0.4) is 0 Å². The van der Waals surface area contributed by atoms with E-state index in [1.165, 1.54) is 27.6 Å². The number of fused-ring (bicyclic) bond motifs is 1. The smallest absolute Gasteiger partial charge is 0.243 e. The second-order valence-corrected chi connectivity index (χ2v) is 8.85. The fourth-order valence-corrected chi connectivity index (χ4v) is 4.94. The van der Waals surface area contributed by atoms with Gasteiger partial charge in [0.05, 0.1) is 0 Å². The van der Waals surface area contributed by atoms with E-state index in [0.717, 1.165) is 38.5 Å². The van der Waals surface area contributed by atoms with E-state index in [9.17, 15) is 4.79 Å². The maximum Gasteiger partial charge on any atom is 0.243 e. The lowest BCUT2D eigenvalue weighted by Gasteiger charge is -2.44. The third kappa shape index (κ3) is 5.25. The van der Waals surface area contributed by atoms with Crippen molar-refractivity contribution in [2.45, 2.75) is 44.1 Å². The Kier molecular flexibility index (Phi) is 8.16. The largest absolute Gasteiger partial charge is 0.361 e. The average molecular weight is 452 g/mol. The SMILES string of the molecule is CN(C)C1(c2ccccc2)CCC(=CC(=O)NCCCc2c[nH]c3ccccc23)CC1.Cl. The Hall–Kier alpha value is -2.56. The van der Waals surface area contributed by atoms with Crippen LogP contribution in [0.1, 0.15) is 43.2 Å². The van der Waals surface area contributed by atoms with Gasteiger partial charge in [0.2, 0.25) is 5.91 Å². The standard InChI is InChI=1S/C27H33N3O.ClH/c1-30(2)27(23-10-4-3-5-11-23)16-14-21(15-17-27)19-26(31)28-18-8-9-22-20-29-25-13-7-6-12-24(22)25;/h3-7,10-13,19-20,29H,8-9,14-18H2,1-2H3,(H,28,31);1H. The van der Waals surface area contributed by atoms with Gasteiger partial charge in [-0.15, -0.1) is 12.4 Å². The van der Waals surface area contributed by atoms with Crippen LogP contribution in [0, 0.1) is 0 Å². The molecule has 0 saturated heterocycles. The number of halogens is 1. The van der Waals surface area contributed by atoms with Crippen LogP contribution in [0.15, 0.2) is 72.4 Å². The van der Waals surface area contributed by atoms with Gasteiger partial charge in [-0.05, 0) is 69.8 Å². The van der Waals surface area contributed by atoms with Gasteiger partial charge < -0.3 is 10.3 Å². The third-order valence-electron chi connectivity index (χ3n) is 6.82. The van der Waals surface area contributed by atoms with Crippen LogP contribution >= 0.6 is 12.4 Å². The summed E-state index contributed by atoms with van der Waals surface area (Å²) in [5, 5.41) is 4.36. The number of aromatic amines is 1. The highest BCUT2D eigenvalue weighted by molar-refractivity contribution is 5.88. The summed E-state index contributed by atoms with van der Waals surface area (Å²) in [6, 6.07) is 19.1. The highest BCUT2D eigenvalue weighted by atomic mass is 35.5. The number of benzene rings is 2. The molecule has 0 aliphatic heterocycles. The molecule has 32 heavy (non-hydrogen) atoms. The first-order valence-electron chi connectivity index (χ1n) is 11.3. The van der Waals surface area contributed by atoms with E-state index in [0.29, 0.717) is 6.54 Å². The topological polar surface area (TPSA) is 48.1 Å². The van der Waals surface area contributed by atoms with Gasteiger partial charge in [-0.2, -0.15) is 0 Å². The number of aryl methyl sites for hydroxylation is 1. The van der Waals surface area contributed by atoms with Crippen molar-refractivity contribution in [3.63, 3.8) is 0 Å². The Labute approximate surface area is 197 Å². The van der Waals surface area contributed by atoms with E-state index in [-0.39, 0.29) is 23.9 Å². The highest BCUT2D eigenvalue weighted by Gasteiger charge is 2.37. The summed E-state index contributed by atoms with van der Waals surface area (Å²) in [4.78, 5) is 18.1. The van der Waals surface area contributed by atoms with Gasteiger partial charge >= 0.3 is 0 Å². The lowest BCUT2D eigenvalue weighted by atomic mass is 9.74. The zero-order valence-electron chi connectivity index (χ0n) is 19.1. The van der Waals surface area contributed by atoms with Crippen LogP contribution in [0.2, 0.25) is 0 Å². The lowest BCUT2D eigenvalue weighted by molar-refractivity contribution is -0.116. The number of carbonyl (C=O) groups excluding carboxylic acids is 1. The van der Waals surface area contributed by atoms with Crippen molar-refractivity contribution in [1.29, 1.82) is 0 Å². The van der Waals surface area contributed by atoms with Gasteiger partial charge in [-0.25, -0.2) is 0 Å². The zero-order valence-corrected chi connectivity index (χ0v) is 19.9. The number of allylic oxidation sites excluding steroid dienone is 1. The van der Waals surface area contributed by atoms with E-state index in [2.05, 4.69) is 84.0 Å². The molecule has 1 amide bonds. The number of nitrogens with one attached hydrogen (secondary N) is 2. The molecule has 170 valence electrons. The predicted octanol–water partition coefficient (Wildman–Crippen LogP) is 5.60. The zero-order chi connectivity index (χ0) is 21.7. The molecule has 1 saturated carbocycles. The number of hydrogen-bond donors (Lipinski definition) is 2. The molecule has 1 aliphatic carbocycles. The first-order valence-corrected chi connectivity index (χ1v) is 11.3. The molecule has 5 heteroatoms. The van der Waals surface area contributed by atoms with Crippen molar-refractivity contribution in [2.75, 3.05) is 20.6 Å². The molecule has 3 aromatic rings. The summed E-state index contributed by atoms with van der Waals surface area (Å²) in [6.07, 6.45) is 9.85. The molecular formula is C27H34ClN3O. The number of para-hydroxylation sites is 1. The molecule has 0 atom stereocenters. The Morgan fingerprint density at radius 2 is 1.75 bits per heavy atom. The first-order chi connectivity index (χ1) is 15.1. The Balaban J connectivity index is 0.00000289. The van der Waals surface area contributed by atoms with Crippen molar-refractivity contribution in [3.8, 4) is 0 Å². The van der Waals surface area contributed by atoms with Crippen molar-refractivity contribution < 1.29 is 4.79 Å². The maximum absolute atomic E-state index is 12.4. The van der Waals surface area contributed by atoms with Crippen molar-refractivity contribution in [1.82, 2.24) is 15.2 Å². The van der Waals surface area contributed by atoms with E-state index in [4.69, 9.17) is 0 Å². The van der Waals surface area contributed by atoms with Gasteiger partial charge in [0, 0.05) is 35.3 Å². The summed E-state index contributed by atoms with van der Waals surface area (Å²) in [5.41, 5.74) is 5.20. The molecule has 4 nitrogen and oxygen atoms in total. The van der Waals surface area contributed by atoms with Crippen molar-refractivity contribution in [2.24, 2.45) is 0 Å². The number of carbonyl (C=O) groups is 1. The predicted molar refractivity (Wildman–Crippen MR) is 135 cm³/mol. The van der Waals surface area contributed by atoms with E-state index in [1.807, 2.05) is 12.1 Å². The molecule has 4 rings (SSSR count). The molecule has 1 aromatic heterocycles. The molecule has 2 aromatic carbocycles. The van der Waals surface area contributed by atoms with Crippen LogP contribution in [-0.2, 0) is 16.8 Å². The second kappa shape index (κ2) is 10.8. The van der Waals surface area contributed by atoms with Gasteiger partial charge in [0.1, 0.15) is 0 Å². The number of rotatable bonds is 7. The molecular weight excluding hydrogens is 418 g/mol. The Morgan fingerprint density at radius 3 is 2.47 bits per heavy atom. The van der Waals surface area contributed by atoms with E-state index >= 15 is 0 Å². The molecule has 0 spiro atoms. The quantitative estimate of drug-likeness (QED) is 0.363. The number of amides is 1. The minimum Gasteiger partial charge on any atom is -0.361 e. The van der Waals surface area contributed by atoms with Crippen LogP contribution < -0.4 is 5.32 Å². The number of nitrogens with zero attached hydrogens (tertiary/aromatic N) is 1. The lowest BCUT2D eigenvalue weighted by Crippen LogP contribution is -2.43. The van der Waals surface area contributed by atoms with Gasteiger partial charge in [-0.1, -0.05) is 54.1 Å². The van der Waals surface area contributed by atoms with Crippen LogP contribution in [-0.4, -0.2) is 36.4 Å². The summed E-state index contributed by atoms with van der Waals surface area (Å²) < 4.78 is 0. The molecule has 1 fully saturated rings. The van der Waals surface area contributed by atoms with Gasteiger partial charge in [-0.3, -0.25) is 9.69 Å². The monoisotopic (exact) mass is 451 g/mol. The average Bonchev–Trinajstić information content (AvgIpc) is 3.21. The van der Waals surface area contributed by atoms with Gasteiger partial charge in [0.15, 0.2) is 0 Å². The highest BCUT2D eigenvalue weighted by Crippen LogP contribution is 2.42. The third-order valence-corrected chi connectivity index (χ3v) is 6.82. The summed E-state index contributed by atoms with van der Waals surface area (Å²) >= 11 is 0. The van der Waals surface area contributed by atoms with E-state index in [1.54, 1.807) is 0 Å². The minimum absolute atomic E-state index is 0. The fourth-order valence-electron chi connectivity index (χ4n) is 4.94. The van der Waals surface area contributed by atoms with Gasteiger partial charge in [0.25, 0.3) is 0 Å². The second-order valence-electron chi connectivity index (χ2n) is 8.85. The molecule has 0 bridgehead atoms. The Morgan fingerprint density at radius 1 is 1.06 bits per heavy atom. The first kappa shape index (κ1) is 24.1. The number of hydrogen-bond acceptors (Lipinski definition) is 2. The summed E-state index contributed by atoms with van der Waals surface area (Å²) in [6.45, 7) is 0.702. The fraction of sp³-hybridized carbons (Fsp3) is 0.370. The normalized spacial score (nSPS) is 18.4. The number of aromatic nitrogens is 1. The van der Waals surface area contributed by atoms with Crippen molar-refractivity contribution in [3.05, 3.63) is 83.6 Å².